The van der Waals surface area contributed by atoms with Crippen molar-refractivity contribution in [3.63, 3.8) is 0 Å². The summed E-state index contributed by atoms with van der Waals surface area (Å²) in [5.41, 5.74) is 0.919. The van der Waals surface area contributed by atoms with E-state index in [1.54, 1.807) is 0 Å². The lowest BCUT2D eigenvalue weighted by atomic mass is 9.77. The molecule has 0 N–H and O–H groups in total. The topological polar surface area (TPSA) is 26.3 Å². The van der Waals surface area contributed by atoms with Crippen LogP contribution < -0.4 is 0 Å². The van der Waals surface area contributed by atoms with Gasteiger partial charge in [-0.05, 0) is 18.9 Å². The Morgan fingerprint density at radius 3 is 2.59 bits per heavy atom. The molecule has 2 nitrogen and oxygen atoms in total. The molecular weight excluding hydrogens is 212 g/mol. The first kappa shape index (κ1) is 13.5. The highest BCUT2D eigenvalue weighted by molar-refractivity contribution is 5.71. The molecule has 1 unspecified atom stereocenters. The highest BCUT2D eigenvalue weighted by atomic mass is 16.5. The van der Waals surface area contributed by atoms with E-state index in [2.05, 4.69) is 13.5 Å². The molecule has 92 valence electrons. The molecule has 0 saturated carbocycles. The fraction of sp³-hybridized carbons (Fsp3) is 0.400. The van der Waals surface area contributed by atoms with E-state index in [0.29, 0.717) is 13.0 Å². The van der Waals surface area contributed by atoms with Gasteiger partial charge in [-0.1, -0.05) is 43.3 Å². The van der Waals surface area contributed by atoms with Crippen LogP contribution in [0.4, 0.5) is 0 Å². The average molecular weight is 232 g/mol. The Labute approximate surface area is 103 Å². The smallest absolute Gasteiger partial charge is 0.306 e. The number of ether oxygens (including phenoxy) is 1. The third-order valence-electron chi connectivity index (χ3n) is 2.91. The maximum absolute atomic E-state index is 11.7. The van der Waals surface area contributed by atoms with Crippen molar-refractivity contribution in [3.05, 3.63) is 48.6 Å². The van der Waals surface area contributed by atoms with Crippen molar-refractivity contribution in [1.29, 1.82) is 0 Å². The van der Waals surface area contributed by atoms with Gasteiger partial charge in [-0.25, -0.2) is 0 Å². The number of benzene rings is 1. The molecule has 0 aliphatic heterocycles. The summed E-state index contributed by atoms with van der Waals surface area (Å²) in [6.45, 7) is 8.10. The fourth-order valence-electron chi connectivity index (χ4n) is 1.98. The second-order valence-electron chi connectivity index (χ2n) is 4.40. The minimum Gasteiger partial charge on any atom is -0.466 e. The highest BCUT2D eigenvalue weighted by Gasteiger charge is 2.28. The molecule has 0 aromatic heterocycles. The second kappa shape index (κ2) is 6.24. The van der Waals surface area contributed by atoms with Gasteiger partial charge in [-0.2, -0.15) is 0 Å². The molecule has 0 aliphatic carbocycles. The van der Waals surface area contributed by atoms with Gasteiger partial charge in [0.05, 0.1) is 13.0 Å². The Balaban J connectivity index is 2.89. The second-order valence-corrected chi connectivity index (χ2v) is 4.40. The summed E-state index contributed by atoms with van der Waals surface area (Å²) in [4.78, 5) is 11.7. The first-order valence-electron chi connectivity index (χ1n) is 5.94. The van der Waals surface area contributed by atoms with Gasteiger partial charge in [0.25, 0.3) is 0 Å². The molecule has 0 fully saturated rings. The first-order valence-corrected chi connectivity index (χ1v) is 5.94. The maximum Gasteiger partial charge on any atom is 0.306 e. The van der Waals surface area contributed by atoms with Gasteiger partial charge in [0, 0.05) is 5.41 Å². The van der Waals surface area contributed by atoms with E-state index in [9.17, 15) is 4.79 Å². The summed E-state index contributed by atoms with van der Waals surface area (Å²) >= 11 is 0. The van der Waals surface area contributed by atoms with Crippen LogP contribution in [0.2, 0.25) is 0 Å². The molecule has 0 heterocycles. The van der Waals surface area contributed by atoms with Crippen molar-refractivity contribution in [1.82, 2.24) is 0 Å². The lowest BCUT2D eigenvalue weighted by molar-refractivity contribution is -0.144. The van der Waals surface area contributed by atoms with Crippen LogP contribution in [0.25, 0.3) is 0 Å². The largest absolute Gasteiger partial charge is 0.466 e. The van der Waals surface area contributed by atoms with Gasteiger partial charge < -0.3 is 4.74 Å². The molecular formula is C15H20O2. The predicted molar refractivity (Wildman–Crippen MR) is 69.9 cm³/mol. The van der Waals surface area contributed by atoms with Gasteiger partial charge in [-0.15, -0.1) is 6.58 Å². The summed E-state index contributed by atoms with van der Waals surface area (Å²) < 4.78 is 5.03. The van der Waals surface area contributed by atoms with E-state index in [0.717, 1.165) is 12.0 Å². The van der Waals surface area contributed by atoms with Crippen molar-refractivity contribution in [2.45, 2.75) is 32.1 Å². The van der Waals surface area contributed by atoms with Crippen molar-refractivity contribution in [2.75, 3.05) is 6.61 Å². The van der Waals surface area contributed by atoms with Crippen LogP contribution in [0.3, 0.4) is 0 Å². The van der Waals surface area contributed by atoms with E-state index < -0.39 is 0 Å². The van der Waals surface area contributed by atoms with Crippen LogP contribution in [0, 0.1) is 0 Å². The molecule has 0 bridgehead atoms. The Bertz CT molecular complexity index is 370. The SMILES string of the molecule is C=CCC(C)(CC(=O)OCC)c1ccccc1. The number of rotatable bonds is 6. The molecule has 0 spiro atoms. The quantitative estimate of drug-likeness (QED) is 0.554. The Morgan fingerprint density at radius 1 is 1.41 bits per heavy atom. The van der Waals surface area contributed by atoms with Crippen molar-refractivity contribution in [2.24, 2.45) is 0 Å². The highest BCUT2D eigenvalue weighted by Crippen LogP contribution is 2.32. The number of hydrogen-bond acceptors (Lipinski definition) is 2. The number of hydrogen-bond donors (Lipinski definition) is 0. The molecule has 1 aromatic carbocycles. The number of allylic oxidation sites excluding steroid dienone is 1. The summed E-state index contributed by atoms with van der Waals surface area (Å²) in [5, 5.41) is 0. The number of carbonyl (C=O) groups excluding carboxylic acids is 1. The van der Waals surface area contributed by atoms with Crippen LogP contribution in [-0.2, 0) is 14.9 Å². The summed E-state index contributed by atoms with van der Waals surface area (Å²) in [6.07, 6.45) is 3.00. The van der Waals surface area contributed by atoms with Crippen LogP contribution in [0.5, 0.6) is 0 Å². The number of esters is 1. The summed E-state index contributed by atoms with van der Waals surface area (Å²) in [5.74, 6) is -0.152. The molecule has 17 heavy (non-hydrogen) atoms. The van der Waals surface area contributed by atoms with E-state index in [1.807, 2.05) is 43.3 Å². The zero-order valence-electron chi connectivity index (χ0n) is 10.6. The van der Waals surface area contributed by atoms with Crippen LogP contribution in [-0.4, -0.2) is 12.6 Å². The Hall–Kier alpha value is -1.57. The lowest BCUT2D eigenvalue weighted by Gasteiger charge is -2.28. The monoisotopic (exact) mass is 232 g/mol. The fourth-order valence-corrected chi connectivity index (χ4v) is 1.98. The van der Waals surface area contributed by atoms with Crippen LogP contribution >= 0.6 is 0 Å². The normalized spacial score (nSPS) is 13.8. The van der Waals surface area contributed by atoms with Crippen molar-refractivity contribution in [3.8, 4) is 0 Å². The third kappa shape index (κ3) is 3.74. The van der Waals surface area contributed by atoms with Gasteiger partial charge >= 0.3 is 5.97 Å². The maximum atomic E-state index is 11.7. The van der Waals surface area contributed by atoms with Crippen molar-refractivity contribution >= 4 is 5.97 Å². The minimum absolute atomic E-state index is 0.152. The third-order valence-corrected chi connectivity index (χ3v) is 2.91. The molecule has 0 radical (unpaired) electrons. The Morgan fingerprint density at radius 2 is 2.06 bits per heavy atom. The zero-order valence-corrected chi connectivity index (χ0v) is 10.6. The average Bonchev–Trinajstić information content (AvgIpc) is 2.30. The number of carbonyl (C=O) groups is 1. The molecule has 0 saturated heterocycles. The van der Waals surface area contributed by atoms with E-state index >= 15 is 0 Å². The van der Waals surface area contributed by atoms with Gasteiger partial charge in [-0.3, -0.25) is 4.79 Å². The molecule has 1 atom stereocenters. The van der Waals surface area contributed by atoms with E-state index in [-0.39, 0.29) is 11.4 Å². The Kier molecular flexibility index (Phi) is 4.95. The van der Waals surface area contributed by atoms with Crippen molar-refractivity contribution < 1.29 is 9.53 Å². The first-order chi connectivity index (χ1) is 8.12. The van der Waals surface area contributed by atoms with Gasteiger partial charge in [0.2, 0.25) is 0 Å². The predicted octanol–water partition coefficient (Wildman–Crippen LogP) is 3.47. The zero-order chi connectivity index (χ0) is 12.7. The molecule has 1 rings (SSSR count). The van der Waals surface area contributed by atoms with E-state index in [4.69, 9.17) is 4.74 Å². The standard InChI is InChI=1S/C15H20O2/c1-4-11-15(3,12-14(16)17-5-2)13-9-7-6-8-10-13/h4,6-10H,1,5,11-12H2,2-3H3. The molecule has 0 aliphatic rings. The summed E-state index contributed by atoms with van der Waals surface area (Å²) in [7, 11) is 0. The minimum atomic E-state index is -0.227. The van der Waals surface area contributed by atoms with Gasteiger partial charge in [0.15, 0.2) is 0 Å². The molecule has 1 aromatic rings. The summed E-state index contributed by atoms with van der Waals surface area (Å²) in [6, 6.07) is 10.0. The lowest BCUT2D eigenvalue weighted by Crippen LogP contribution is -2.26. The molecule has 2 heteroatoms. The van der Waals surface area contributed by atoms with Crippen LogP contribution in [0.15, 0.2) is 43.0 Å². The van der Waals surface area contributed by atoms with Crippen LogP contribution in [0.1, 0.15) is 32.3 Å². The van der Waals surface area contributed by atoms with E-state index in [1.165, 1.54) is 0 Å². The molecule has 0 amide bonds. The van der Waals surface area contributed by atoms with Gasteiger partial charge in [0.1, 0.15) is 0 Å².